The number of methoxy groups -OCH3 is 1. The third kappa shape index (κ3) is 2.74. The zero-order chi connectivity index (χ0) is 11.4. The Morgan fingerprint density at radius 1 is 1.69 bits per heavy atom. The van der Waals surface area contributed by atoms with E-state index in [1.165, 1.54) is 18.4 Å². The summed E-state index contributed by atoms with van der Waals surface area (Å²) in [5, 5.41) is 1.81. The van der Waals surface area contributed by atoms with Crippen LogP contribution in [0.1, 0.15) is 22.5 Å². The standard InChI is InChI=1S/C11H14O4S/c1-13-11(12)10-5-9(7-16-10)15-6-8-3-2-4-14-8/h5,7-8H,2-4,6H2,1H3/t8-/m0/s1. The van der Waals surface area contributed by atoms with E-state index >= 15 is 0 Å². The van der Waals surface area contributed by atoms with Gasteiger partial charge in [-0.1, -0.05) is 0 Å². The number of rotatable bonds is 4. The van der Waals surface area contributed by atoms with Crippen LogP contribution in [0.2, 0.25) is 0 Å². The minimum Gasteiger partial charge on any atom is -0.490 e. The molecule has 4 nitrogen and oxygen atoms in total. The minimum atomic E-state index is -0.322. The van der Waals surface area contributed by atoms with Crippen LogP contribution in [0.5, 0.6) is 5.75 Å². The van der Waals surface area contributed by atoms with Gasteiger partial charge < -0.3 is 14.2 Å². The van der Waals surface area contributed by atoms with Crippen molar-refractivity contribution in [3.05, 3.63) is 16.3 Å². The van der Waals surface area contributed by atoms with Crippen molar-refractivity contribution < 1.29 is 19.0 Å². The van der Waals surface area contributed by atoms with Gasteiger partial charge in [-0.3, -0.25) is 0 Å². The molecular formula is C11H14O4S. The third-order valence-electron chi connectivity index (χ3n) is 2.42. The number of thiophene rings is 1. The Kier molecular flexibility index (Phi) is 3.79. The summed E-state index contributed by atoms with van der Waals surface area (Å²) >= 11 is 1.32. The van der Waals surface area contributed by atoms with Gasteiger partial charge in [-0.05, 0) is 12.8 Å². The molecule has 1 atom stereocenters. The van der Waals surface area contributed by atoms with E-state index < -0.39 is 0 Å². The normalized spacial score (nSPS) is 19.7. The summed E-state index contributed by atoms with van der Waals surface area (Å²) in [5.41, 5.74) is 0. The molecular weight excluding hydrogens is 228 g/mol. The van der Waals surface area contributed by atoms with Gasteiger partial charge in [0, 0.05) is 18.1 Å². The number of hydrogen-bond donors (Lipinski definition) is 0. The maximum Gasteiger partial charge on any atom is 0.348 e. The summed E-state index contributed by atoms with van der Waals surface area (Å²) in [6.45, 7) is 1.38. The molecule has 0 aliphatic carbocycles. The van der Waals surface area contributed by atoms with Crippen molar-refractivity contribution in [1.29, 1.82) is 0 Å². The predicted octanol–water partition coefficient (Wildman–Crippen LogP) is 2.09. The summed E-state index contributed by atoms with van der Waals surface area (Å²) in [7, 11) is 1.37. The molecule has 0 saturated carbocycles. The van der Waals surface area contributed by atoms with Crippen molar-refractivity contribution in [2.24, 2.45) is 0 Å². The van der Waals surface area contributed by atoms with Crippen LogP contribution in [0.25, 0.3) is 0 Å². The second-order valence-electron chi connectivity index (χ2n) is 3.58. The van der Waals surface area contributed by atoms with Gasteiger partial charge in [0.1, 0.15) is 17.2 Å². The van der Waals surface area contributed by atoms with Gasteiger partial charge in [0.15, 0.2) is 0 Å². The number of esters is 1. The molecule has 0 spiro atoms. The second kappa shape index (κ2) is 5.32. The predicted molar refractivity (Wildman–Crippen MR) is 60.1 cm³/mol. The van der Waals surface area contributed by atoms with E-state index in [-0.39, 0.29) is 12.1 Å². The first-order chi connectivity index (χ1) is 7.79. The van der Waals surface area contributed by atoms with Crippen LogP contribution in [-0.2, 0) is 9.47 Å². The van der Waals surface area contributed by atoms with Crippen molar-refractivity contribution >= 4 is 17.3 Å². The zero-order valence-corrected chi connectivity index (χ0v) is 9.92. The fourth-order valence-corrected chi connectivity index (χ4v) is 2.31. The third-order valence-corrected chi connectivity index (χ3v) is 3.31. The van der Waals surface area contributed by atoms with Crippen LogP contribution >= 0.6 is 11.3 Å². The van der Waals surface area contributed by atoms with Crippen LogP contribution in [-0.4, -0.2) is 32.4 Å². The average Bonchev–Trinajstić information content (AvgIpc) is 2.96. The van der Waals surface area contributed by atoms with Crippen LogP contribution in [0, 0.1) is 0 Å². The summed E-state index contributed by atoms with van der Waals surface area (Å²) in [5.74, 6) is 0.387. The van der Waals surface area contributed by atoms with Crippen LogP contribution in [0.3, 0.4) is 0 Å². The van der Waals surface area contributed by atoms with Gasteiger partial charge in [-0.25, -0.2) is 4.79 Å². The van der Waals surface area contributed by atoms with E-state index in [9.17, 15) is 4.79 Å². The molecule has 0 aromatic carbocycles. The summed E-state index contributed by atoms with van der Waals surface area (Å²) in [6.07, 6.45) is 2.35. The van der Waals surface area contributed by atoms with Crippen LogP contribution in [0.4, 0.5) is 0 Å². The Hall–Kier alpha value is -1.07. The van der Waals surface area contributed by atoms with E-state index in [1.807, 2.05) is 0 Å². The Bertz CT molecular complexity index is 355. The zero-order valence-electron chi connectivity index (χ0n) is 9.10. The second-order valence-corrected chi connectivity index (χ2v) is 4.50. The van der Waals surface area contributed by atoms with Crippen molar-refractivity contribution in [2.45, 2.75) is 18.9 Å². The first-order valence-corrected chi connectivity index (χ1v) is 6.09. The maximum atomic E-state index is 11.2. The Morgan fingerprint density at radius 2 is 2.56 bits per heavy atom. The number of hydrogen-bond acceptors (Lipinski definition) is 5. The van der Waals surface area contributed by atoms with Crippen molar-refractivity contribution in [3.8, 4) is 5.75 Å². The molecule has 0 amide bonds. The van der Waals surface area contributed by atoms with E-state index in [0.717, 1.165) is 19.4 Å². The van der Waals surface area contributed by atoms with Crippen molar-refractivity contribution in [2.75, 3.05) is 20.3 Å². The van der Waals surface area contributed by atoms with Crippen LogP contribution < -0.4 is 4.74 Å². The van der Waals surface area contributed by atoms with Gasteiger partial charge in [0.2, 0.25) is 0 Å². The van der Waals surface area contributed by atoms with E-state index in [0.29, 0.717) is 17.2 Å². The molecule has 2 heterocycles. The fraction of sp³-hybridized carbons (Fsp3) is 0.545. The molecule has 0 N–H and O–H groups in total. The molecule has 2 rings (SSSR count). The minimum absolute atomic E-state index is 0.196. The molecule has 1 aliphatic heterocycles. The lowest BCUT2D eigenvalue weighted by molar-refractivity contribution is 0.0604. The number of carbonyl (C=O) groups excluding carboxylic acids is 1. The van der Waals surface area contributed by atoms with Gasteiger partial charge in [0.05, 0.1) is 13.2 Å². The number of carbonyl (C=O) groups is 1. The topological polar surface area (TPSA) is 44.8 Å². The van der Waals surface area contributed by atoms with Gasteiger partial charge >= 0.3 is 5.97 Å². The lowest BCUT2D eigenvalue weighted by Gasteiger charge is -2.09. The van der Waals surface area contributed by atoms with E-state index in [2.05, 4.69) is 4.74 Å². The highest BCUT2D eigenvalue weighted by atomic mass is 32.1. The van der Waals surface area contributed by atoms with Gasteiger partial charge in [0.25, 0.3) is 0 Å². The molecule has 0 bridgehead atoms. The van der Waals surface area contributed by atoms with Gasteiger partial charge in [-0.15, -0.1) is 11.3 Å². The highest BCUT2D eigenvalue weighted by Crippen LogP contribution is 2.23. The largest absolute Gasteiger partial charge is 0.490 e. The van der Waals surface area contributed by atoms with Crippen LogP contribution in [0.15, 0.2) is 11.4 Å². The summed E-state index contributed by atoms with van der Waals surface area (Å²) in [4.78, 5) is 11.8. The van der Waals surface area contributed by atoms with Gasteiger partial charge in [-0.2, -0.15) is 0 Å². The highest BCUT2D eigenvalue weighted by molar-refractivity contribution is 7.12. The number of ether oxygens (including phenoxy) is 3. The maximum absolute atomic E-state index is 11.2. The Balaban J connectivity index is 1.85. The molecule has 1 aliphatic rings. The molecule has 1 aromatic rings. The molecule has 16 heavy (non-hydrogen) atoms. The van der Waals surface area contributed by atoms with E-state index in [4.69, 9.17) is 9.47 Å². The fourth-order valence-electron chi connectivity index (χ4n) is 1.57. The molecule has 5 heteroatoms. The lowest BCUT2D eigenvalue weighted by atomic mass is 10.2. The molecule has 1 saturated heterocycles. The molecule has 0 radical (unpaired) electrons. The van der Waals surface area contributed by atoms with Crippen molar-refractivity contribution in [3.63, 3.8) is 0 Å². The van der Waals surface area contributed by atoms with Crippen molar-refractivity contribution in [1.82, 2.24) is 0 Å². The summed E-state index contributed by atoms with van der Waals surface area (Å²) < 4.78 is 15.6. The SMILES string of the molecule is COC(=O)c1cc(OC[C@@H]2CCCO2)cs1. The smallest absolute Gasteiger partial charge is 0.348 e. The molecule has 88 valence electrons. The highest BCUT2D eigenvalue weighted by Gasteiger charge is 2.17. The Labute approximate surface area is 98.1 Å². The first-order valence-electron chi connectivity index (χ1n) is 5.21. The lowest BCUT2D eigenvalue weighted by Crippen LogP contribution is -2.15. The Morgan fingerprint density at radius 3 is 3.25 bits per heavy atom. The molecule has 1 fully saturated rings. The quantitative estimate of drug-likeness (QED) is 0.758. The monoisotopic (exact) mass is 242 g/mol. The van der Waals surface area contributed by atoms with E-state index in [1.54, 1.807) is 11.4 Å². The molecule has 1 aromatic heterocycles. The summed E-state index contributed by atoms with van der Waals surface area (Å²) in [6, 6.07) is 1.70. The molecule has 0 unspecified atom stereocenters. The first kappa shape index (κ1) is 11.4. The average molecular weight is 242 g/mol.